The van der Waals surface area contributed by atoms with Crippen LogP contribution in [0.3, 0.4) is 0 Å². The van der Waals surface area contributed by atoms with Crippen molar-refractivity contribution in [3.63, 3.8) is 0 Å². The largest absolute Gasteiger partial charge is 0.323 e. The zero-order valence-electron chi connectivity index (χ0n) is 14.0. The molecule has 1 amide bonds. The third-order valence-electron chi connectivity index (χ3n) is 4.47. The summed E-state index contributed by atoms with van der Waals surface area (Å²) >= 11 is 7.05. The van der Waals surface area contributed by atoms with Crippen LogP contribution in [-0.4, -0.2) is 40.0 Å². The van der Waals surface area contributed by atoms with E-state index in [0.717, 1.165) is 11.7 Å². The summed E-state index contributed by atoms with van der Waals surface area (Å²) in [5.41, 5.74) is 1.32. The maximum absolute atomic E-state index is 13.2. The van der Waals surface area contributed by atoms with Gasteiger partial charge in [-0.2, -0.15) is 13.1 Å². The number of nitrogens with zero attached hydrogens (tertiary/aromatic N) is 3. The van der Waals surface area contributed by atoms with Gasteiger partial charge in [0.2, 0.25) is 15.9 Å². The lowest BCUT2D eigenvalue weighted by atomic mass is 10.2. The molecule has 140 valence electrons. The van der Waals surface area contributed by atoms with Crippen LogP contribution in [0.1, 0.15) is 12.8 Å². The molecule has 1 saturated heterocycles. The summed E-state index contributed by atoms with van der Waals surface area (Å²) in [7, 11) is -3.89. The van der Waals surface area contributed by atoms with Gasteiger partial charge in [-0.15, -0.1) is 0 Å². The van der Waals surface area contributed by atoms with Gasteiger partial charge in [0.15, 0.2) is 0 Å². The van der Waals surface area contributed by atoms with Crippen molar-refractivity contribution in [3.8, 4) is 0 Å². The summed E-state index contributed by atoms with van der Waals surface area (Å²) < 4.78 is 35.9. The van der Waals surface area contributed by atoms with Crippen LogP contribution in [0, 0.1) is 0 Å². The van der Waals surface area contributed by atoms with Gasteiger partial charge in [-0.1, -0.05) is 29.8 Å². The Morgan fingerprint density at radius 2 is 2.00 bits per heavy atom. The molecule has 0 unspecified atom stereocenters. The van der Waals surface area contributed by atoms with E-state index in [2.05, 4.69) is 14.1 Å². The molecule has 0 aliphatic carbocycles. The molecule has 0 saturated carbocycles. The fourth-order valence-electron chi connectivity index (χ4n) is 3.18. The quantitative estimate of drug-likeness (QED) is 0.697. The number of para-hydroxylation sites is 1. The Labute approximate surface area is 165 Å². The summed E-state index contributed by atoms with van der Waals surface area (Å²) in [5, 5.41) is 3.13. The van der Waals surface area contributed by atoms with Crippen molar-refractivity contribution in [3.05, 3.63) is 47.5 Å². The fraction of sp³-hybridized carbons (Fsp3) is 0.235. The van der Waals surface area contributed by atoms with E-state index >= 15 is 0 Å². The predicted molar refractivity (Wildman–Crippen MR) is 104 cm³/mol. The highest BCUT2D eigenvalue weighted by molar-refractivity contribution is 7.89. The number of nitrogens with one attached hydrogen (secondary N) is 1. The number of carbonyl (C=O) groups is 1. The average Bonchev–Trinajstić information content (AvgIpc) is 3.32. The van der Waals surface area contributed by atoms with Crippen LogP contribution < -0.4 is 5.32 Å². The molecule has 0 spiro atoms. The van der Waals surface area contributed by atoms with Gasteiger partial charge in [-0.3, -0.25) is 4.79 Å². The van der Waals surface area contributed by atoms with Gasteiger partial charge >= 0.3 is 0 Å². The molecule has 7 nitrogen and oxygen atoms in total. The molecule has 1 N–H and O–H groups in total. The predicted octanol–water partition coefficient (Wildman–Crippen LogP) is 3.14. The maximum Gasteiger partial charge on any atom is 0.246 e. The SMILES string of the molecule is O=C(Nc1ccccc1Cl)[C@@H]1CCCN1S(=O)(=O)c1cccc2nsnc12. The second kappa shape index (κ2) is 7.16. The van der Waals surface area contributed by atoms with Crippen molar-refractivity contribution in [1.82, 2.24) is 13.1 Å². The number of benzene rings is 2. The Morgan fingerprint density at radius 3 is 2.81 bits per heavy atom. The van der Waals surface area contributed by atoms with Crippen LogP contribution in [0.15, 0.2) is 47.4 Å². The molecule has 1 atom stereocenters. The van der Waals surface area contributed by atoms with Crippen LogP contribution in [0.5, 0.6) is 0 Å². The van der Waals surface area contributed by atoms with E-state index in [1.807, 2.05) is 0 Å². The first-order valence-corrected chi connectivity index (χ1v) is 10.8. The molecular weight excluding hydrogens is 408 g/mol. The zero-order chi connectivity index (χ0) is 19.0. The third-order valence-corrected chi connectivity index (χ3v) is 7.29. The van der Waals surface area contributed by atoms with Crippen molar-refractivity contribution < 1.29 is 13.2 Å². The van der Waals surface area contributed by atoms with E-state index in [0.29, 0.717) is 34.6 Å². The third kappa shape index (κ3) is 3.31. The van der Waals surface area contributed by atoms with E-state index in [1.54, 1.807) is 36.4 Å². The molecule has 0 bridgehead atoms. The molecule has 1 aromatic heterocycles. The lowest BCUT2D eigenvalue weighted by Crippen LogP contribution is -2.43. The second-order valence-electron chi connectivity index (χ2n) is 6.13. The first-order chi connectivity index (χ1) is 13.0. The monoisotopic (exact) mass is 422 g/mol. The number of rotatable bonds is 4. The number of halogens is 1. The van der Waals surface area contributed by atoms with E-state index < -0.39 is 22.0 Å². The van der Waals surface area contributed by atoms with Gasteiger partial charge in [-0.05, 0) is 37.1 Å². The average molecular weight is 423 g/mol. The van der Waals surface area contributed by atoms with Crippen molar-refractivity contribution in [1.29, 1.82) is 0 Å². The molecule has 3 aromatic rings. The standard InChI is InChI=1S/C17H15ClN4O3S2/c18-11-5-1-2-6-12(11)19-17(23)14-8-4-10-22(14)27(24,25)15-9-3-7-13-16(15)21-26-20-13/h1-3,5-7,9,14H,4,8,10H2,(H,19,23)/t14-/m0/s1. The second-order valence-corrected chi connectivity index (χ2v) is 8.93. The number of aromatic nitrogens is 2. The molecular formula is C17H15ClN4O3S2. The summed E-state index contributed by atoms with van der Waals surface area (Å²) in [6, 6.07) is 10.9. The first kappa shape index (κ1) is 18.3. The van der Waals surface area contributed by atoms with E-state index in [1.165, 1.54) is 10.4 Å². The number of amides is 1. The van der Waals surface area contributed by atoms with E-state index in [-0.39, 0.29) is 11.4 Å². The molecule has 1 fully saturated rings. The maximum atomic E-state index is 13.2. The fourth-order valence-corrected chi connectivity index (χ4v) is 5.78. The Hall–Kier alpha value is -2.07. The molecule has 2 aromatic carbocycles. The van der Waals surface area contributed by atoms with Gasteiger partial charge in [-0.25, -0.2) is 8.42 Å². The van der Waals surface area contributed by atoms with Crippen molar-refractivity contribution in [2.75, 3.05) is 11.9 Å². The van der Waals surface area contributed by atoms with E-state index in [9.17, 15) is 13.2 Å². The Morgan fingerprint density at radius 1 is 1.19 bits per heavy atom. The van der Waals surface area contributed by atoms with Gasteiger partial charge in [0.05, 0.1) is 22.4 Å². The summed E-state index contributed by atoms with van der Waals surface area (Å²) in [6.07, 6.45) is 1.05. The highest BCUT2D eigenvalue weighted by atomic mass is 35.5. The normalized spacial score (nSPS) is 18.0. The Balaban J connectivity index is 1.65. The minimum absolute atomic E-state index is 0.0752. The number of hydrogen-bond acceptors (Lipinski definition) is 6. The van der Waals surface area contributed by atoms with E-state index in [4.69, 9.17) is 11.6 Å². The highest BCUT2D eigenvalue weighted by Gasteiger charge is 2.40. The molecule has 1 aliphatic heterocycles. The van der Waals surface area contributed by atoms with Gasteiger partial charge in [0, 0.05) is 6.54 Å². The number of sulfonamides is 1. The summed E-state index contributed by atoms with van der Waals surface area (Å²) in [4.78, 5) is 12.8. The molecule has 0 radical (unpaired) electrons. The number of anilines is 1. The molecule has 10 heteroatoms. The topological polar surface area (TPSA) is 92.3 Å². The van der Waals surface area contributed by atoms with Crippen LogP contribution >= 0.6 is 23.3 Å². The Bertz CT molecular complexity index is 1120. The summed E-state index contributed by atoms with van der Waals surface area (Å²) in [5.74, 6) is -0.396. The van der Waals surface area contributed by atoms with Crippen LogP contribution in [0.2, 0.25) is 5.02 Å². The van der Waals surface area contributed by atoms with Gasteiger partial charge in [0.1, 0.15) is 22.0 Å². The van der Waals surface area contributed by atoms with Crippen LogP contribution in [0.4, 0.5) is 5.69 Å². The zero-order valence-corrected chi connectivity index (χ0v) is 16.4. The first-order valence-electron chi connectivity index (χ1n) is 8.27. The van der Waals surface area contributed by atoms with Crippen LogP contribution in [0.25, 0.3) is 11.0 Å². The van der Waals surface area contributed by atoms with Gasteiger partial charge in [0.25, 0.3) is 0 Å². The van der Waals surface area contributed by atoms with Crippen molar-refractivity contribution in [2.45, 2.75) is 23.8 Å². The summed E-state index contributed by atoms with van der Waals surface area (Å²) in [6.45, 7) is 0.275. The highest BCUT2D eigenvalue weighted by Crippen LogP contribution is 2.31. The number of carbonyl (C=O) groups excluding carboxylic acids is 1. The van der Waals surface area contributed by atoms with Crippen molar-refractivity contribution in [2.24, 2.45) is 0 Å². The molecule has 4 rings (SSSR count). The van der Waals surface area contributed by atoms with Crippen LogP contribution in [-0.2, 0) is 14.8 Å². The van der Waals surface area contributed by atoms with Crippen molar-refractivity contribution >= 4 is 56.0 Å². The lowest BCUT2D eigenvalue weighted by molar-refractivity contribution is -0.119. The number of hydrogen-bond donors (Lipinski definition) is 1. The van der Waals surface area contributed by atoms with Gasteiger partial charge < -0.3 is 5.32 Å². The molecule has 2 heterocycles. The molecule has 1 aliphatic rings. The smallest absolute Gasteiger partial charge is 0.246 e. The number of fused-ring (bicyclic) bond motifs is 1. The Kier molecular flexibility index (Phi) is 4.85. The lowest BCUT2D eigenvalue weighted by Gasteiger charge is -2.23. The minimum Gasteiger partial charge on any atom is -0.323 e. The molecule has 27 heavy (non-hydrogen) atoms. The minimum atomic E-state index is -3.89.